The van der Waals surface area contributed by atoms with Crippen molar-refractivity contribution in [1.82, 2.24) is 4.90 Å². The fourth-order valence-corrected chi connectivity index (χ4v) is 1.69. The lowest BCUT2D eigenvalue weighted by molar-refractivity contribution is -0.139. The summed E-state index contributed by atoms with van der Waals surface area (Å²) >= 11 is 0. The molecule has 0 atom stereocenters. The molecule has 1 aromatic carbocycles. The van der Waals surface area contributed by atoms with E-state index in [4.69, 9.17) is 14.7 Å². The van der Waals surface area contributed by atoms with Crippen LogP contribution in [-0.4, -0.2) is 35.9 Å². The van der Waals surface area contributed by atoms with E-state index in [1.54, 1.807) is 36.4 Å². The van der Waals surface area contributed by atoms with E-state index in [9.17, 15) is 14.4 Å². The van der Waals surface area contributed by atoms with E-state index in [1.165, 1.54) is 30.2 Å². The maximum atomic E-state index is 11.9. The third-order valence-corrected chi connectivity index (χ3v) is 2.97. The Morgan fingerprint density at radius 1 is 1.27 bits per heavy atom. The number of para-hydroxylation sites is 1. The van der Waals surface area contributed by atoms with E-state index in [1.807, 2.05) is 0 Å². The van der Waals surface area contributed by atoms with Crippen molar-refractivity contribution in [1.29, 1.82) is 5.26 Å². The molecule has 0 heterocycles. The lowest BCUT2D eigenvalue weighted by atomic mass is 10.2. The van der Waals surface area contributed by atoms with Crippen molar-refractivity contribution in [3.05, 3.63) is 66.9 Å². The molecule has 1 aromatic rings. The molecule has 0 aliphatic rings. The second-order valence-corrected chi connectivity index (χ2v) is 4.82. The molecular weight excluding hydrogens is 336 g/mol. The Labute approximate surface area is 151 Å². The van der Waals surface area contributed by atoms with E-state index in [0.717, 1.165) is 6.08 Å². The minimum atomic E-state index is -0.808. The van der Waals surface area contributed by atoms with Crippen molar-refractivity contribution < 1.29 is 23.9 Å². The lowest BCUT2D eigenvalue weighted by Crippen LogP contribution is -2.27. The van der Waals surface area contributed by atoms with E-state index in [2.05, 4.69) is 6.58 Å². The zero-order valence-electron chi connectivity index (χ0n) is 14.3. The predicted molar refractivity (Wildman–Crippen MR) is 93.5 cm³/mol. The molecule has 0 saturated heterocycles. The number of esters is 2. The maximum absolute atomic E-state index is 11.9. The Bertz CT molecular complexity index is 760. The van der Waals surface area contributed by atoms with Gasteiger partial charge in [0, 0.05) is 19.2 Å². The molecule has 7 nitrogen and oxygen atoms in total. The van der Waals surface area contributed by atoms with Gasteiger partial charge in [0.2, 0.25) is 5.91 Å². The fourth-order valence-electron chi connectivity index (χ4n) is 1.69. The summed E-state index contributed by atoms with van der Waals surface area (Å²) in [6.07, 6.45) is 4.99. The molecule has 0 fully saturated rings. The molecule has 7 heteroatoms. The molecule has 1 rings (SSSR count). The number of hydrogen-bond donors (Lipinski definition) is 0. The molecule has 0 spiro atoms. The summed E-state index contributed by atoms with van der Waals surface area (Å²) < 4.78 is 9.86. The number of rotatable bonds is 8. The number of nitriles is 1. The summed E-state index contributed by atoms with van der Waals surface area (Å²) in [6, 6.07) is 10.1. The molecule has 0 saturated carbocycles. The normalized spacial score (nSPS) is 10.7. The first-order valence-corrected chi connectivity index (χ1v) is 7.60. The van der Waals surface area contributed by atoms with Crippen molar-refractivity contribution in [2.24, 2.45) is 0 Å². The fraction of sp³-hybridized carbons (Fsp3) is 0.158. The number of allylic oxidation sites excluding steroid dienone is 2. The summed E-state index contributed by atoms with van der Waals surface area (Å²) in [5, 5.41) is 9.08. The highest BCUT2D eigenvalue weighted by molar-refractivity contribution is 5.94. The van der Waals surface area contributed by atoms with Crippen LogP contribution in [0.5, 0.6) is 5.75 Å². The molecule has 0 radical (unpaired) electrons. The molecule has 0 unspecified atom stereocenters. The van der Waals surface area contributed by atoms with Crippen LogP contribution in [-0.2, 0) is 19.1 Å². The first-order chi connectivity index (χ1) is 12.5. The Kier molecular flexibility index (Phi) is 8.62. The number of nitrogens with zero attached hydrogens (tertiary/aromatic N) is 2. The summed E-state index contributed by atoms with van der Waals surface area (Å²) in [5.41, 5.74) is -0.230. The molecule has 26 heavy (non-hydrogen) atoms. The molecule has 0 aromatic heterocycles. The Hall–Kier alpha value is -3.66. The monoisotopic (exact) mass is 354 g/mol. The quantitative estimate of drug-likeness (QED) is 0.233. The first kappa shape index (κ1) is 20.4. The number of ether oxygens (including phenoxy) is 2. The maximum Gasteiger partial charge on any atom is 0.354 e. The van der Waals surface area contributed by atoms with Crippen molar-refractivity contribution in [3.8, 4) is 11.8 Å². The zero-order chi connectivity index (χ0) is 19.4. The van der Waals surface area contributed by atoms with Crippen molar-refractivity contribution in [3.63, 3.8) is 0 Å². The summed E-state index contributed by atoms with van der Waals surface area (Å²) in [4.78, 5) is 35.7. The molecule has 0 bridgehead atoms. The predicted octanol–water partition coefficient (Wildman–Crippen LogP) is 2.13. The second-order valence-electron chi connectivity index (χ2n) is 4.82. The molecule has 0 N–H and O–H groups in total. The van der Waals surface area contributed by atoms with Crippen molar-refractivity contribution >= 4 is 17.8 Å². The average molecular weight is 354 g/mol. The summed E-state index contributed by atoms with van der Waals surface area (Å²) in [6.45, 7) is 4.71. The highest BCUT2D eigenvalue weighted by Gasteiger charge is 2.11. The van der Waals surface area contributed by atoms with Gasteiger partial charge in [0.15, 0.2) is 0 Å². The van der Waals surface area contributed by atoms with Gasteiger partial charge in [-0.15, -0.1) is 0 Å². The van der Waals surface area contributed by atoms with Gasteiger partial charge in [-0.1, -0.05) is 24.8 Å². The van der Waals surface area contributed by atoms with Gasteiger partial charge in [-0.25, -0.2) is 9.59 Å². The van der Waals surface area contributed by atoms with Crippen LogP contribution in [0.4, 0.5) is 0 Å². The standard InChI is InChI=1S/C19H18N2O5/c1-3-18(23)25-13-12-21(15(2)22)11-7-8-16(14-20)19(24)26-17-9-5-4-6-10-17/h3-11H,1,12-13H2,2H3. The number of hydrogen-bond acceptors (Lipinski definition) is 6. The number of amides is 1. The van der Waals surface area contributed by atoms with Gasteiger partial charge >= 0.3 is 11.9 Å². The third-order valence-electron chi connectivity index (χ3n) is 2.97. The van der Waals surface area contributed by atoms with Crippen LogP contribution in [0.1, 0.15) is 6.92 Å². The van der Waals surface area contributed by atoms with Crippen LogP contribution in [0.2, 0.25) is 0 Å². The summed E-state index contributed by atoms with van der Waals surface area (Å²) in [5.74, 6) is -1.38. The Morgan fingerprint density at radius 3 is 2.54 bits per heavy atom. The first-order valence-electron chi connectivity index (χ1n) is 7.60. The van der Waals surface area contributed by atoms with E-state index >= 15 is 0 Å². The second kappa shape index (κ2) is 11.0. The van der Waals surface area contributed by atoms with Gasteiger partial charge in [0.1, 0.15) is 24.0 Å². The highest BCUT2D eigenvalue weighted by atomic mass is 16.5. The minimum absolute atomic E-state index is 0.0142. The zero-order valence-corrected chi connectivity index (χ0v) is 14.3. The van der Waals surface area contributed by atoms with E-state index < -0.39 is 11.9 Å². The molecule has 134 valence electrons. The minimum Gasteiger partial charge on any atom is -0.461 e. The van der Waals surface area contributed by atoms with Gasteiger partial charge in [-0.05, 0) is 24.3 Å². The molecule has 0 aliphatic heterocycles. The van der Waals surface area contributed by atoms with Crippen molar-refractivity contribution in [2.45, 2.75) is 6.92 Å². The van der Waals surface area contributed by atoms with Gasteiger partial charge < -0.3 is 14.4 Å². The molecular formula is C19H18N2O5. The van der Waals surface area contributed by atoms with E-state index in [-0.39, 0.29) is 24.6 Å². The number of carbonyl (C=O) groups excluding carboxylic acids is 3. The third kappa shape index (κ3) is 7.27. The average Bonchev–Trinajstić information content (AvgIpc) is 2.63. The van der Waals surface area contributed by atoms with Crippen LogP contribution in [0.25, 0.3) is 0 Å². The van der Waals surface area contributed by atoms with Crippen LogP contribution in [0.3, 0.4) is 0 Å². The van der Waals surface area contributed by atoms with Crippen LogP contribution in [0, 0.1) is 11.3 Å². The molecule has 1 amide bonds. The van der Waals surface area contributed by atoms with Crippen LogP contribution in [0.15, 0.2) is 66.9 Å². The SMILES string of the molecule is C=CC(=O)OCCN(C=CC=C(C#N)C(=O)Oc1ccccc1)C(C)=O. The van der Waals surface area contributed by atoms with Crippen LogP contribution >= 0.6 is 0 Å². The molecule has 0 aliphatic carbocycles. The number of carbonyl (C=O) groups is 3. The smallest absolute Gasteiger partial charge is 0.354 e. The van der Waals surface area contributed by atoms with Crippen LogP contribution < -0.4 is 4.74 Å². The van der Waals surface area contributed by atoms with Crippen molar-refractivity contribution in [2.75, 3.05) is 13.2 Å². The number of benzene rings is 1. The Balaban J connectivity index is 2.70. The highest BCUT2D eigenvalue weighted by Crippen LogP contribution is 2.10. The summed E-state index contributed by atoms with van der Waals surface area (Å²) in [7, 11) is 0. The topological polar surface area (TPSA) is 96.7 Å². The van der Waals surface area contributed by atoms with Gasteiger partial charge in [-0.2, -0.15) is 5.26 Å². The van der Waals surface area contributed by atoms with E-state index in [0.29, 0.717) is 5.75 Å². The largest absolute Gasteiger partial charge is 0.461 e. The van der Waals surface area contributed by atoms with Gasteiger partial charge in [-0.3, -0.25) is 4.79 Å². The van der Waals surface area contributed by atoms with Gasteiger partial charge in [0.25, 0.3) is 0 Å². The van der Waals surface area contributed by atoms with Gasteiger partial charge in [0.05, 0.1) is 6.54 Å². The Morgan fingerprint density at radius 2 is 1.96 bits per heavy atom. The lowest BCUT2D eigenvalue weighted by Gasteiger charge is -2.15.